The molecular formula is C28H39F2N5O3. The number of benzene rings is 1. The number of piperidine rings is 1. The largest absolute Gasteiger partial charge is 0.345 e. The summed E-state index contributed by atoms with van der Waals surface area (Å²) in [7, 11) is 0. The second-order valence-electron chi connectivity index (χ2n) is 10.4. The van der Waals surface area contributed by atoms with Gasteiger partial charge in [0.15, 0.2) is 0 Å². The zero-order chi connectivity index (χ0) is 27.8. The minimum atomic E-state index is -1.03. The van der Waals surface area contributed by atoms with Crippen LogP contribution in [0.1, 0.15) is 84.5 Å². The SMILES string of the molecule is CC[C@H]1CCCCN1C(=O)CC(NC(=O)CCC(C)C)C(=O)NC(C)c1ncc(-c2ccc(F)cc2F)[nH]1. The van der Waals surface area contributed by atoms with Gasteiger partial charge >= 0.3 is 0 Å². The molecule has 1 aromatic carbocycles. The van der Waals surface area contributed by atoms with Crippen LogP contribution in [0.15, 0.2) is 24.4 Å². The van der Waals surface area contributed by atoms with Gasteiger partial charge in [-0.1, -0.05) is 20.8 Å². The normalized spacial score (nSPS) is 17.2. The molecule has 3 amide bonds. The van der Waals surface area contributed by atoms with Gasteiger partial charge < -0.3 is 20.5 Å². The van der Waals surface area contributed by atoms with Crippen molar-refractivity contribution in [2.24, 2.45) is 5.92 Å². The molecule has 1 aliphatic rings. The predicted molar refractivity (Wildman–Crippen MR) is 141 cm³/mol. The van der Waals surface area contributed by atoms with Gasteiger partial charge in [-0.05, 0) is 57.1 Å². The molecule has 3 atom stereocenters. The van der Waals surface area contributed by atoms with Gasteiger partial charge in [0.1, 0.15) is 23.5 Å². The van der Waals surface area contributed by atoms with Crippen LogP contribution in [0.5, 0.6) is 0 Å². The van der Waals surface area contributed by atoms with E-state index >= 15 is 0 Å². The number of H-pyrrole nitrogens is 1. The van der Waals surface area contributed by atoms with E-state index in [1.54, 1.807) is 6.92 Å². The molecule has 0 saturated carbocycles. The number of halogens is 2. The number of imidazole rings is 1. The lowest BCUT2D eigenvalue weighted by Crippen LogP contribution is -2.52. The quantitative estimate of drug-likeness (QED) is 0.393. The highest BCUT2D eigenvalue weighted by Crippen LogP contribution is 2.24. The van der Waals surface area contributed by atoms with Crippen LogP contribution < -0.4 is 10.6 Å². The summed E-state index contributed by atoms with van der Waals surface area (Å²) >= 11 is 0. The summed E-state index contributed by atoms with van der Waals surface area (Å²) in [5.41, 5.74) is 0.486. The number of carbonyl (C=O) groups excluding carboxylic acids is 3. The van der Waals surface area contributed by atoms with Crippen LogP contribution >= 0.6 is 0 Å². The topological polar surface area (TPSA) is 107 Å². The minimum Gasteiger partial charge on any atom is -0.345 e. The smallest absolute Gasteiger partial charge is 0.243 e. The van der Waals surface area contributed by atoms with E-state index in [4.69, 9.17) is 0 Å². The van der Waals surface area contributed by atoms with Crippen LogP contribution in [0.3, 0.4) is 0 Å². The van der Waals surface area contributed by atoms with Crippen molar-refractivity contribution in [3.8, 4) is 11.3 Å². The summed E-state index contributed by atoms with van der Waals surface area (Å²) in [6, 6.07) is 1.74. The van der Waals surface area contributed by atoms with Crippen LogP contribution in [0.4, 0.5) is 8.78 Å². The number of hydrogen-bond donors (Lipinski definition) is 3. The Kier molecular flexibility index (Phi) is 10.4. The van der Waals surface area contributed by atoms with E-state index in [1.807, 2.05) is 25.7 Å². The van der Waals surface area contributed by atoms with Gasteiger partial charge in [-0.15, -0.1) is 0 Å². The minimum absolute atomic E-state index is 0.132. The predicted octanol–water partition coefficient (Wildman–Crippen LogP) is 4.63. The molecule has 3 rings (SSSR count). The standard InChI is InChI=1S/C28H39F2N5O3/c1-5-20-8-6-7-13-35(20)26(37)15-23(33-25(36)12-9-17(2)3)28(38)32-18(4)27-31-16-24(34-27)21-11-10-19(29)14-22(21)30/h10-11,14,16-18,20,23H,5-9,12-13,15H2,1-4H3,(H,31,34)(H,32,38)(H,33,36)/t18?,20-,23?/m0/s1. The Morgan fingerprint density at radius 3 is 2.61 bits per heavy atom. The second-order valence-corrected chi connectivity index (χ2v) is 10.4. The number of hydrogen-bond acceptors (Lipinski definition) is 4. The maximum atomic E-state index is 14.2. The summed E-state index contributed by atoms with van der Waals surface area (Å²) in [4.78, 5) is 48.2. The lowest BCUT2D eigenvalue weighted by Gasteiger charge is -2.36. The summed E-state index contributed by atoms with van der Waals surface area (Å²) in [6.07, 6.45) is 5.98. The Morgan fingerprint density at radius 2 is 1.92 bits per heavy atom. The molecule has 0 spiro atoms. The fourth-order valence-electron chi connectivity index (χ4n) is 4.72. The van der Waals surface area contributed by atoms with Crippen LogP contribution in [-0.4, -0.2) is 51.2 Å². The monoisotopic (exact) mass is 531 g/mol. The fourth-order valence-corrected chi connectivity index (χ4v) is 4.72. The highest BCUT2D eigenvalue weighted by atomic mass is 19.1. The fraction of sp³-hybridized carbons (Fsp3) is 0.571. The molecule has 10 heteroatoms. The first kappa shape index (κ1) is 29.3. The Morgan fingerprint density at radius 1 is 1.16 bits per heavy atom. The molecule has 1 saturated heterocycles. The van der Waals surface area contributed by atoms with Crippen LogP contribution in [0, 0.1) is 17.6 Å². The number of aromatic nitrogens is 2. The Balaban J connectivity index is 1.72. The average molecular weight is 532 g/mol. The molecule has 3 N–H and O–H groups in total. The lowest BCUT2D eigenvalue weighted by molar-refractivity contribution is -0.139. The second kappa shape index (κ2) is 13.5. The molecule has 0 aliphatic carbocycles. The molecule has 2 heterocycles. The molecule has 2 unspecified atom stereocenters. The first-order valence-corrected chi connectivity index (χ1v) is 13.5. The first-order chi connectivity index (χ1) is 18.1. The number of nitrogens with zero attached hydrogens (tertiary/aromatic N) is 2. The Hall–Kier alpha value is -3.30. The number of rotatable bonds is 11. The number of amides is 3. The first-order valence-electron chi connectivity index (χ1n) is 13.5. The summed E-state index contributed by atoms with van der Waals surface area (Å²) in [5.74, 6) is -1.67. The summed E-state index contributed by atoms with van der Waals surface area (Å²) in [6.45, 7) is 8.42. The molecule has 208 valence electrons. The highest BCUT2D eigenvalue weighted by molar-refractivity contribution is 5.92. The van der Waals surface area contributed by atoms with Gasteiger partial charge in [-0.2, -0.15) is 0 Å². The molecule has 1 fully saturated rings. The molecule has 0 radical (unpaired) electrons. The molecular weight excluding hydrogens is 492 g/mol. The third-order valence-electron chi connectivity index (χ3n) is 6.98. The van der Waals surface area contributed by atoms with E-state index in [1.165, 1.54) is 12.3 Å². The van der Waals surface area contributed by atoms with E-state index in [-0.39, 0.29) is 36.3 Å². The maximum Gasteiger partial charge on any atom is 0.243 e. The molecule has 1 aromatic heterocycles. The van der Waals surface area contributed by atoms with E-state index in [2.05, 4.69) is 20.6 Å². The van der Waals surface area contributed by atoms with E-state index in [0.29, 0.717) is 30.4 Å². The third-order valence-corrected chi connectivity index (χ3v) is 6.98. The number of likely N-dealkylation sites (tertiary alicyclic amines) is 1. The van der Waals surface area contributed by atoms with Crippen molar-refractivity contribution in [1.29, 1.82) is 0 Å². The van der Waals surface area contributed by atoms with Crippen LogP contribution in [0.2, 0.25) is 0 Å². The van der Waals surface area contributed by atoms with Gasteiger partial charge in [0.05, 0.1) is 24.4 Å². The molecule has 0 bridgehead atoms. The van der Waals surface area contributed by atoms with Gasteiger partial charge in [0.2, 0.25) is 17.7 Å². The van der Waals surface area contributed by atoms with Crippen molar-refractivity contribution in [2.45, 2.75) is 90.8 Å². The van der Waals surface area contributed by atoms with Crippen molar-refractivity contribution < 1.29 is 23.2 Å². The van der Waals surface area contributed by atoms with Gasteiger partial charge in [0, 0.05) is 30.6 Å². The van der Waals surface area contributed by atoms with E-state index in [9.17, 15) is 23.2 Å². The molecule has 38 heavy (non-hydrogen) atoms. The van der Waals surface area contributed by atoms with Crippen molar-refractivity contribution >= 4 is 17.7 Å². The highest BCUT2D eigenvalue weighted by Gasteiger charge is 2.31. The third kappa shape index (κ3) is 7.85. The molecule has 1 aliphatic heterocycles. The van der Waals surface area contributed by atoms with Crippen molar-refractivity contribution in [3.05, 3.63) is 41.9 Å². The van der Waals surface area contributed by atoms with Crippen molar-refractivity contribution in [2.75, 3.05) is 6.54 Å². The van der Waals surface area contributed by atoms with Crippen molar-refractivity contribution in [3.63, 3.8) is 0 Å². The molecule has 8 nitrogen and oxygen atoms in total. The van der Waals surface area contributed by atoms with E-state index < -0.39 is 29.6 Å². The lowest BCUT2D eigenvalue weighted by atomic mass is 9.98. The Bertz CT molecular complexity index is 1120. The Labute approximate surface area is 223 Å². The number of aromatic amines is 1. The van der Waals surface area contributed by atoms with Gasteiger partial charge in [-0.3, -0.25) is 14.4 Å². The average Bonchev–Trinajstić information content (AvgIpc) is 3.37. The van der Waals surface area contributed by atoms with Crippen LogP contribution in [-0.2, 0) is 14.4 Å². The summed E-state index contributed by atoms with van der Waals surface area (Å²) < 4.78 is 27.5. The summed E-state index contributed by atoms with van der Waals surface area (Å²) in [5, 5.41) is 5.58. The van der Waals surface area contributed by atoms with Crippen molar-refractivity contribution in [1.82, 2.24) is 25.5 Å². The van der Waals surface area contributed by atoms with Gasteiger partial charge in [0.25, 0.3) is 0 Å². The van der Waals surface area contributed by atoms with Crippen LogP contribution in [0.25, 0.3) is 11.3 Å². The van der Waals surface area contributed by atoms with E-state index in [0.717, 1.165) is 37.8 Å². The zero-order valence-electron chi connectivity index (χ0n) is 22.7. The number of carbonyl (C=O) groups is 3. The zero-order valence-corrected chi connectivity index (χ0v) is 22.7. The maximum absolute atomic E-state index is 14.2. The molecule has 2 aromatic rings. The van der Waals surface area contributed by atoms with Gasteiger partial charge in [-0.25, -0.2) is 13.8 Å². The number of nitrogens with one attached hydrogen (secondary N) is 3.